The van der Waals surface area contributed by atoms with Crippen LogP contribution in [0, 0.1) is 0 Å². The molecule has 21 heavy (non-hydrogen) atoms. The van der Waals surface area contributed by atoms with Gasteiger partial charge in [0.25, 0.3) is 0 Å². The van der Waals surface area contributed by atoms with Gasteiger partial charge in [-0.1, -0.05) is 18.2 Å². The molecule has 0 aliphatic carbocycles. The standard InChI is InChI=1S/C15H18N2O4/c1-20-8-7-17(10-14(18)19)9-13-11-21-15(16-13)12-5-3-2-4-6-12/h2-6,11H,7-10H2,1H3,(H,18,19). The summed E-state index contributed by atoms with van der Waals surface area (Å²) in [5, 5.41) is 8.92. The van der Waals surface area contributed by atoms with Gasteiger partial charge in [0.1, 0.15) is 6.26 Å². The van der Waals surface area contributed by atoms with Crippen molar-refractivity contribution in [2.45, 2.75) is 6.54 Å². The average molecular weight is 290 g/mol. The molecule has 0 saturated heterocycles. The molecule has 2 aromatic rings. The molecule has 0 aliphatic heterocycles. The number of aliphatic carboxylic acids is 1. The zero-order chi connectivity index (χ0) is 15.1. The quantitative estimate of drug-likeness (QED) is 0.800. The van der Waals surface area contributed by atoms with E-state index in [2.05, 4.69) is 4.98 Å². The van der Waals surface area contributed by atoms with Crippen LogP contribution >= 0.6 is 0 Å². The first-order valence-electron chi connectivity index (χ1n) is 6.62. The Morgan fingerprint density at radius 2 is 2.14 bits per heavy atom. The molecule has 1 heterocycles. The third-order valence-electron chi connectivity index (χ3n) is 2.93. The summed E-state index contributed by atoms with van der Waals surface area (Å²) in [7, 11) is 1.59. The molecule has 2 rings (SSSR count). The van der Waals surface area contributed by atoms with Gasteiger partial charge in [-0.25, -0.2) is 4.98 Å². The van der Waals surface area contributed by atoms with E-state index in [0.29, 0.717) is 31.3 Å². The highest BCUT2D eigenvalue weighted by atomic mass is 16.5. The first-order valence-corrected chi connectivity index (χ1v) is 6.62. The second kappa shape index (κ2) is 7.56. The van der Waals surface area contributed by atoms with Gasteiger partial charge in [0.15, 0.2) is 0 Å². The van der Waals surface area contributed by atoms with Crippen LogP contribution in [-0.2, 0) is 16.1 Å². The average Bonchev–Trinajstić information content (AvgIpc) is 2.93. The SMILES string of the molecule is COCCN(CC(=O)O)Cc1coc(-c2ccccc2)n1. The molecule has 112 valence electrons. The Kier molecular flexibility index (Phi) is 5.48. The summed E-state index contributed by atoms with van der Waals surface area (Å²) in [6.45, 7) is 1.34. The number of carboxylic acids is 1. The highest BCUT2D eigenvalue weighted by Crippen LogP contribution is 2.18. The Morgan fingerprint density at radius 3 is 2.81 bits per heavy atom. The van der Waals surface area contributed by atoms with Gasteiger partial charge in [0.2, 0.25) is 5.89 Å². The van der Waals surface area contributed by atoms with Gasteiger partial charge in [-0.15, -0.1) is 0 Å². The Balaban J connectivity index is 2.03. The molecule has 1 aromatic carbocycles. The molecule has 1 N–H and O–H groups in total. The fourth-order valence-corrected chi connectivity index (χ4v) is 1.95. The van der Waals surface area contributed by atoms with Gasteiger partial charge in [0.05, 0.1) is 18.8 Å². The number of hydrogen-bond acceptors (Lipinski definition) is 5. The van der Waals surface area contributed by atoms with E-state index in [1.807, 2.05) is 30.3 Å². The Hall–Kier alpha value is -2.18. The van der Waals surface area contributed by atoms with Crippen molar-refractivity contribution in [2.75, 3.05) is 26.8 Å². The summed E-state index contributed by atoms with van der Waals surface area (Å²) < 4.78 is 10.4. The minimum Gasteiger partial charge on any atom is -0.480 e. The fourth-order valence-electron chi connectivity index (χ4n) is 1.95. The third kappa shape index (κ3) is 4.70. The number of ether oxygens (including phenoxy) is 1. The molecule has 0 radical (unpaired) electrons. The zero-order valence-electron chi connectivity index (χ0n) is 11.9. The van der Waals surface area contributed by atoms with E-state index < -0.39 is 5.97 Å². The van der Waals surface area contributed by atoms with Crippen LogP contribution in [0.15, 0.2) is 41.0 Å². The van der Waals surface area contributed by atoms with Crippen LogP contribution in [0.1, 0.15) is 5.69 Å². The molecule has 1 aromatic heterocycles. The van der Waals surface area contributed by atoms with Gasteiger partial charge in [-0.2, -0.15) is 0 Å². The molecule has 0 fully saturated rings. The minimum absolute atomic E-state index is 0.0586. The topological polar surface area (TPSA) is 75.8 Å². The lowest BCUT2D eigenvalue weighted by molar-refractivity contribution is -0.138. The maximum atomic E-state index is 10.9. The highest BCUT2D eigenvalue weighted by Gasteiger charge is 2.13. The van der Waals surface area contributed by atoms with E-state index in [4.69, 9.17) is 14.3 Å². The maximum absolute atomic E-state index is 10.9. The van der Waals surface area contributed by atoms with Crippen LogP contribution < -0.4 is 0 Å². The molecular weight excluding hydrogens is 272 g/mol. The summed E-state index contributed by atoms with van der Waals surface area (Å²) >= 11 is 0. The monoisotopic (exact) mass is 290 g/mol. The van der Waals surface area contributed by atoms with Crippen molar-refractivity contribution in [3.63, 3.8) is 0 Å². The predicted molar refractivity (Wildman–Crippen MR) is 76.7 cm³/mol. The van der Waals surface area contributed by atoms with Crippen molar-refractivity contribution < 1.29 is 19.1 Å². The van der Waals surface area contributed by atoms with Gasteiger partial charge in [-0.3, -0.25) is 9.69 Å². The number of rotatable bonds is 8. The summed E-state index contributed by atoms with van der Waals surface area (Å²) in [5.74, 6) is -0.342. The van der Waals surface area contributed by atoms with Gasteiger partial charge >= 0.3 is 5.97 Å². The van der Waals surface area contributed by atoms with Crippen molar-refractivity contribution in [3.05, 3.63) is 42.3 Å². The van der Waals surface area contributed by atoms with Gasteiger partial charge in [0, 0.05) is 25.8 Å². The number of carbonyl (C=O) groups is 1. The third-order valence-corrected chi connectivity index (χ3v) is 2.93. The summed E-state index contributed by atoms with van der Waals surface area (Å²) in [5.41, 5.74) is 1.59. The first kappa shape index (κ1) is 15.2. The summed E-state index contributed by atoms with van der Waals surface area (Å²) in [4.78, 5) is 17.0. The van der Waals surface area contributed by atoms with Crippen LogP contribution in [0.5, 0.6) is 0 Å². The number of nitrogens with zero attached hydrogens (tertiary/aromatic N) is 2. The number of benzene rings is 1. The number of hydrogen-bond donors (Lipinski definition) is 1. The normalized spacial score (nSPS) is 11.0. The molecule has 0 amide bonds. The highest BCUT2D eigenvalue weighted by molar-refractivity contribution is 5.69. The lowest BCUT2D eigenvalue weighted by Gasteiger charge is -2.17. The molecular formula is C15H18N2O4. The molecule has 0 saturated carbocycles. The van der Waals surface area contributed by atoms with Crippen LogP contribution in [0.2, 0.25) is 0 Å². The van der Waals surface area contributed by atoms with Crippen LogP contribution in [0.4, 0.5) is 0 Å². The number of aromatic nitrogens is 1. The van der Waals surface area contributed by atoms with E-state index >= 15 is 0 Å². The van der Waals surface area contributed by atoms with Crippen LogP contribution in [0.25, 0.3) is 11.5 Å². The Labute approximate surface area is 123 Å². The van der Waals surface area contributed by atoms with Gasteiger partial charge < -0.3 is 14.3 Å². The molecule has 6 heteroatoms. The van der Waals surface area contributed by atoms with Crippen molar-refractivity contribution in [2.24, 2.45) is 0 Å². The largest absolute Gasteiger partial charge is 0.480 e. The van der Waals surface area contributed by atoms with Crippen molar-refractivity contribution in [1.82, 2.24) is 9.88 Å². The van der Waals surface area contributed by atoms with E-state index in [0.717, 1.165) is 5.56 Å². The van der Waals surface area contributed by atoms with Crippen LogP contribution in [-0.4, -0.2) is 47.8 Å². The first-order chi connectivity index (χ1) is 10.2. The van der Waals surface area contributed by atoms with E-state index in [9.17, 15) is 4.79 Å². The smallest absolute Gasteiger partial charge is 0.317 e. The molecule has 0 atom stereocenters. The van der Waals surface area contributed by atoms with Crippen LogP contribution in [0.3, 0.4) is 0 Å². The lowest BCUT2D eigenvalue weighted by atomic mass is 10.2. The molecule has 6 nitrogen and oxygen atoms in total. The van der Waals surface area contributed by atoms with E-state index in [-0.39, 0.29) is 6.54 Å². The van der Waals surface area contributed by atoms with Crippen molar-refractivity contribution in [1.29, 1.82) is 0 Å². The predicted octanol–water partition coefficient (Wildman–Crippen LogP) is 1.87. The minimum atomic E-state index is -0.877. The zero-order valence-corrected chi connectivity index (χ0v) is 11.9. The number of oxazole rings is 1. The molecule has 0 aliphatic rings. The van der Waals surface area contributed by atoms with E-state index in [1.165, 1.54) is 0 Å². The summed E-state index contributed by atoms with van der Waals surface area (Å²) in [6, 6.07) is 9.57. The molecule has 0 unspecified atom stereocenters. The summed E-state index contributed by atoms with van der Waals surface area (Å²) in [6.07, 6.45) is 1.56. The fraction of sp³-hybridized carbons (Fsp3) is 0.333. The van der Waals surface area contributed by atoms with Crippen molar-refractivity contribution >= 4 is 5.97 Å². The molecule has 0 bridgehead atoms. The van der Waals surface area contributed by atoms with Crippen molar-refractivity contribution in [3.8, 4) is 11.5 Å². The number of methoxy groups -OCH3 is 1. The number of carboxylic acid groups (broad SMARTS) is 1. The molecule has 0 spiro atoms. The van der Waals surface area contributed by atoms with Gasteiger partial charge in [-0.05, 0) is 12.1 Å². The maximum Gasteiger partial charge on any atom is 0.317 e. The Bertz CT molecular complexity index is 568. The Morgan fingerprint density at radius 1 is 1.38 bits per heavy atom. The second-order valence-electron chi connectivity index (χ2n) is 4.61. The second-order valence-corrected chi connectivity index (χ2v) is 4.61. The van der Waals surface area contributed by atoms with E-state index in [1.54, 1.807) is 18.3 Å². The lowest BCUT2D eigenvalue weighted by Crippen LogP contribution is -2.32.